The normalized spacial score (nSPS) is 14.8. The number of fused-ring (bicyclic) bond motifs is 1. The molecule has 0 saturated heterocycles. The monoisotopic (exact) mass is 238 g/mol. The minimum Gasteiger partial charge on any atom is -0.493 e. The molecule has 0 aromatic heterocycles. The summed E-state index contributed by atoms with van der Waals surface area (Å²) >= 11 is 1.82. The Morgan fingerprint density at radius 1 is 1.19 bits per heavy atom. The Bertz CT molecular complexity index is 455. The van der Waals surface area contributed by atoms with Crippen LogP contribution in [0, 0.1) is 0 Å². The van der Waals surface area contributed by atoms with Crippen molar-refractivity contribution in [2.45, 2.75) is 11.8 Å². The van der Waals surface area contributed by atoms with E-state index in [2.05, 4.69) is 24.6 Å². The zero-order valence-corrected chi connectivity index (χ0v) is 10.9. The highest BCUT2D eigenvalue weighted by Gasteiger charge is 2.22. The number of methoxy groups -OCH3 is 2. The molecule has 1 aromatic carbocycles. The molecule has 0 N–H and O–H groups in total. The zero-order valence-electron chi connectivity index (χ0n) is 10.0. The van der Waals surface area contributed by atoms with Crippen LogP contribution in [0.25, 0.3) is 0 Å². The van der Waals surface area contributed by atoms with Crippen LogP contribution < -0.4 is 9.47 Å². The second-order valence-corrected chi connectivity index (χ2v) is 4.75. The molecule has 0 unspecified atom stereocenters. The number of hydrogen-bond acceptors (Lipinski definition) is 3. The lowest BCUT2D eigenvalue weighted by molar-refractivity contribution is -0.475. The van der Waals surface area contributed by atoms with Crippen LogP contribution in [0.1, 0.15) is 12.5 Å². The molecule has 0 bridgehead atoms. The van der Waals surface area contributed by atoms with E-state index >= 15 is 0 Å². The third kappa shape index (κ3) is 1.78. The van der Waals surface area contributed by atoms with Crippen molar-refractivity contribution in [1.29, 1.82) is 0 Å². The van der Waals surface area contributed by atoms with Gasteiger partial charge in [-0.05, 0) is 12.1 Å². The molecule has 1 aromatic rings. The lowest BCUT2D eigenvalue weighted by Crippen LogP contribution is -2.20. The maximum Gasteiger partial charge on any atom is 0.193 e. The van der Waals surface area contributed by atoms with Crippen LogP contribution in [0.2, 0.25) is 0 Å². The topological polar surface area (TPSA) is 21.5 Å². The van der Waals surface area contributed by atoms with Gasteiger partial charge in [0.2, 0.25) is 0 Å². The number of rotatable bonds is 2. The summed E-state index contributed by atoms with van der Waals surface area (Å²) in [4.78, 5) is 1.26. The van der Waals surface area contributed by atoms with Gasteiger partial charge in [-0.1, -0.05) is 11.8 Å². The van der Waals surface area contributed by atoms with Crippen LogP contribution in [0.15, 0.2) is 17.0 Å². The first-order valence-electron chi connectivity index (χ1n) is 5.11. The van der Waals surface area contributed by atoms with Gasteiger partial charge in [-0.2, -0.15) is 0 Å². The highest BCUT2D eigenvalue weighted by Crippen LogP contribution is 2.37. The number of ether oxygens (including phenoxy) is 2. The summed E-state index contributed by atoms with van der Waals surface area (Å²) in [6, 6.07) is 4.10. The fourth-order valence-corrected chi connectivity index (χ4v) is 2.81. The van der Waals surface area contributed by atoms with Crippen molar-refractivity contribution < 1.29 is 14.0 Å². The quantitative estimate of drug-likeness (QED) is 0.737. The predicted octanol–water partition coefficient (Wildman–Crippen LogP) is 2.22. The molecule has 1 aliphatic rings. The van der Waals surface area contributed by atoms with Gasteiger partial charge < -0.3 is 9.47 Å². The van der Waals surface area contributed by atoms with E-state index in [9.17, 15) is 0 Å². The molecule has 0 radical (unpaired) electrons. The van der Waals surface area contributed by atoms with Crippen LogP contribution in [0.4, 0.5) is 0 Å². The average Bonchev–Trinajstić information content (AvgIpc) is 2.32. The van der Waals surface area contributed by atoms with Gasteiger partial charge in [0.25, 0.3) is 0 Å². The lowest BCUT2D eigenvalue weighted by atomic mass is 10.1. The SMILES string of the molecule is COc1cc2c(cc1OC)C(C)=[N+](C)CS2. The van der Waals surface area contributed by atoms with E-state index in [0.717, 1.165) is 17.4 Å². The minimum atomic E-state index is 0.788. The molecule has 0 atom stereocenters. The number of nitrogens with zero attached hydrogens (tertiary/aromatic N) is 1. The largest absolute Gasteiger partial charge is 0.493 e. The van der Waals surface area contributed by atoms with Crippen LogP contribution >= 0.6 is 11.8 Å². The molecule has 1 heterocycles. The average molecular weight is 238 g/mol. The van der Waals surface area contributed by atoms with Crippen molar-refractivity contribution in [2.24, 2.45) is 0 Å². The molecule has 0 aliphatic carbocycles. The summed E-state index contributed by atoms with van der Waals surface area (Å²) in [5.41, 5.74) is 2.51. The molecule has 4 heteroatoms. The van der Waals surface area contributed by atoms with E-state index < -0.39 is 0 Å². The Kier molecular flexibility index (Phi) is 3.10. The fourth-order valence-electron chi connectivity index (χ4n) is 1.73. The van der Waals surface area contributed by atoms with E-state index in [1.807, 2.05) is 17.8 Å². The van der Waals surface area contributed by atoms with Crippen LogP contribution in [-0.2, 0) is 0 Å². The number of benzene rings is 1. The maximum absolute atomic E-state index is 5.32. The van der Waals surface area contributed by atoms with Gasteiger partial charge in [0.15, 0.2) is 23.1 Å². The van der Waals surface area contributed by atoms with Crippen molar-refractivity contribution in [3.63, 3.8) is 0 Å². The minimum absolute atomic E-state index is 0.788. The highest BCUT2D eigenvalue weighted by molar-refractivity contribution is 7.99. The summed E-state index contributed by atoms with van der Waals surface area (Å²) in [6.45, 7) is 2.13. The Morgan fingerprint density at radius 2 is 1.81 bits per heavy atom. The summed E-state index contributed by atoms with van der Waals surface area (Å²) in [5, 5.41) is 0. The highest BCUT2D eigenvalue weighted by atomic mass is 32.2. The van der Waals surface area contributed by atoms with Crippen molar-refractivity contribution in [1.82, 2.24) is 0 Å². The first kappa shape index (κ1) is 11.3. The fraction of sp³-hybridized carbons (Fsp3) is 0.417. The Hall–Kier alpha value is -1.16. The molecular weight excluding hydrogens is 222 g/mol. The third-order valence-electron chi connectivity index (χ3n) is 2.86. The Labute approximate surface area is 100 Å². The Morgan fingerprint density at radius 3 is 2.44 bits per heavy atom. The van der Waals surface area contributed by atoms with Gasteiger partial charge in [-0.3, -0.25) is 0 Å². The maximum atomic E-state index is 5.32. The van der Waals surface area contributed by atoms with Gasteiger partial charge in [0.05, 0.1) is 19.8 Å². The van der Waals surface area contributed by atoms with E-state index in [-0.39, 0.29) is 0 Å². The summed E-state index contributed by atoms with van der Waals surface area (Å²) in [6.07, 6.45) is 0. The van der Waals surface area contributed by atoms with Crippen molar-refractivity contribution >= 4 is 17.5 Å². The van der Waals surface area contributed by atoms with E-state index in [0.29, 0.717) is 0 Å². The van der Waals surface area contributed by atoms with Gasteiger partial charge in [0.1, 0.15) is 7.05 Å². The molecule has 2 rings (SSSR count). The van der Waals surface area contributed by atoms with Gasteiger partial charge >= 0.3 is 0 Å². The molecule has 0 fully saturated rings. The second kappa shape index (κ2) is 4.37. The first-order chi connectivity index (χ1) is 7.67. The smallest absolute Gasteiger partial charge is 0.193 e. The summed E-state index contributed by atoms with van der Waals surface area (Å²) in [5.74, 6) is 2.57. The van der Waals surface area contributed by atoms with E-state index in [4.69, 9.17) is 9.47 Å². The van der Waals surface area contributed by atoms with Crippen LogP contribution in [0.3, 0.4) is 0 Å². The van der Waals surface area contributed by atoms with Crippen molar-refractivity contribution in [3.05, 3.63) is 17.7 Å². The van der Waals surface area contributed by atoms with Crippen LogP contribution in [0.5, 0.6) is 11.5 Å². The standard InChI is InChI=1S/C12H16NO2S/c1-8-9-5-10(14-3)11(15-4)6-12(9)16-7-13(8)2/h5-6H,7H2,1-4H3/q+1. The molecule has 86 valence electrons. The van der Waals surface area contributed by atoms with Gasteiger partial charge in [0, 0.05) is 11.8 Å². The predicted molar refractivity (Wildman–Crippen MR) is 66.2 cm³/mol. The summed E-state index contributed by atoms with van der Waals surface area (Å²) < 4.78 is 12.9. The van der Waals surface area contributed by atoms with Crippen molar-refractivity contribution in [3.8, 4) is 11.5 Å². The number of thioether (sulfide) groups is 1. The Balaban J connectivity index is 2.58. The molecule has 0 amide bonds. The van der Waals surface area contributed by atoms with Crippen molar-refractivity contribution in [2.75, 3.05) is 27.1 Å². The molecular formula is C12H16NO2S+. The second-order valence-electron chi connectivity index (χ2n) is 3.76. The van der Waals surface area contributed by atoms with E-state index in [1.54, 1.807) is 14.2 Å². The molecule has 0 spiro atoms. The van der Waals surface area contributed by atoms with Gasteiger partial charge in [-0.25, -0.2) is 4.58 Å². The molecule has 16 heavy (non-hydrogen) atoms. The molecule has 0 saturated carbocycles. The number of hydrogen-bond donors (Lipinski definition) is 0. The summed E-state index contributed by atoms with van der Waals surface area (Å²) in [7, 11) is 5.43. The lowest BCUT2D eigenvalue weighted by Gasteiger charge is -2.16. The molecule has 3 nitrogen and oxygen atoms in total. The molecule has 1 aliphatic heterocycles. The third-order valence-corrected chi connectivity index (χ3v) is 4.03. The van der Waals surface area contributed by atoms with Gasteiger partial charge in [-0.15, -0.1) is 0 Å². The zero-order chi connectivity index (χ0) is 11.7. The first-order valence-corrected chi connectivity index (χ1v) is 6.09. The van der Waals surface area contributed by atoms with E-state index in [1.165, 1.54) is 16.2 Å². The van der Waals surface area contributed by atoms with Crippen LogP contribution in [-0.4, -0.2) is 37.4 Å².